The molecule has 1 heterocycles. The Bertz CT molecular complexity index is 439. The van der Waals surface area contributed by atoms with Crippen molar-refractivity contribution in [1.29, 1.82) is 0 Å². The van der Waals surface area contributed by atoms with Crippen molar-refractivity contribution in [3.63, 3.8) is 0 Å². The highest BCUT2D eigenvalue weighted by Crippen LogP contribution is 2.29. The summed E-state index contributed by atoms with van der Waals surface area (Å²) in [5.41, 5.74) is 1.31. The summed E-state index contributed by atoms with van der Waals surface area (Å²) >= 11 is 0. The van der Waals surface area contributed by atoms with E-state index in [2.05, 4.69) is 45.1 Å². The van der Waals surface area contributed by atoms with E-state index < -0.39 is 0 Å². The largest absolute Gasteiger partial charge is 0.497 e. The smallest absolute Gasteiger partial charge is 0.118 e. The average Bonchev–Trinajstić information content (AvgIpc) is 2.44. The van der Waals surface area contributed by atoms with Gasteiger partial charge in [0.15, 0.2) is 0 Å². The zero-order valence-electron chi connectivity index (χ0n) is 14.0. The molecule has 118 valence electrons. The van der Waals surface area contributed by atoms with Gasteiger partial charge in [0.05, 0.1) is 12.7 Å². The Labute approximate surface area is 129 Å². The fourth-order valence-electron chi connectivity index (χ4n) is 3.11. The molecule has 0 bridgehead atoms. The van der Waals surface area contributed by atoms with Gasteiger partial charge in [0.1, 0.15) is 5.75 Å². The van der Waals surface area contributed by atoms with Crippen molar-refractivity contribution in [1.82, 2.24) is 5.32 Å². The Hall–Kier alpha value is -1.06. The van der Waals surface area contributed by atoms with Crippen molar-refractivity contribution in [2.24, 2.45) is 5.92 Å². The molecule has 1 aromatic carbocycles. The van der Waals surface area contributed by atoms with E-state index in [1.807, 2.05) is 12.1 Å². The van der Waals surface area contributed by atoms with E-state index in [4.69, 9.17) is 9.47 Å². The average molecular weight is 291 g/mol. The van der Waals surface area contributed by atoms with Crippen LogP contribution in [0.15, 0.2) is 24.3 Å². The second-order valence-corrected chi connectivity index (χ2v) is 6.96. The van der Waals surface area contributed by atoms with Crippen molar-refractivity contribution in [3.8, 4) is 5.75 Å². The van der Waals surface area contributed by atoms with Gasteiger partial charge in [-0.05, 0) is 50.3 Å². The molecule has 0 radical (unpaired) electrons. The van der Waals surface area contributed by atoms with Crippen LogP contribution in [0.3, 0.4) is 0 Å². The Morgan fingerprint density at radius 1 is 1.24 bits per heavy atom. The summed E-state index contributed by atoms with van der Waals surface area (Å²) < 4.78 is 11.1. The summed E-state index contributed by atoms with van der Waals surface area (Å²) in [7, 11) is 1.71. The van der Waals surface area contributed by atoms with Crippen LogP contribution in [-0.4, -0.2) is 25.4 Å². The van der Waals surface area contributed by atoms with Gasteiger partial charge in [0.2, 0.25) is 0 Å². The molecule has 0 amide bonds. The van der Waals surface area contributed by atoms with Gasteiger partial charge >= 0.3 is 0 Å². The minimum atomic E-state index is -0.0165. The minimum Gasteiger partial charge on any atom is -0.497 e. The lowest BCUT2D eigenvalue weighted by molar-refractivity contribution is -0.0648. The van der Waals surface area contributed by atoms with E-state index >= 15 is 0 Å². The van der Waals surface area contributed by atoms with E-state index in [1.54, 1.807) is 7.11 Å². The molecule has 3 nitrogen and oxygen atoms in total. The zero-order valence-corrected chi connectivity index (χ0v) is 14.0. The molecule has 1 aromatic rings. The van der Waals surface area contributed by atoms with Crippen LogP contribution >= 0.6 is 0 Å². The molecule has 0 saturated carbocycles. The Kier molecular flexibility index (Phi) is 5.28. The third kappa shape index (κ3) is 4.45. The second kappa shape index (κ2) is 6.80. The van der Waals surface area contributed by atoms with Crippen molar-refractivity contribution >= 4 is 0 Å². The van der Waals surface area contributed by atoms with Crippen LogP contribution in [0.5, 0.6) is 5.75 Å². The standard InChI is InChI=1S/C18H29NO2/c1-13(2)17(14-6-8-16(20-5)9-7-14)19-15-10-11-21-18(3,4)12-15/h6-9,13,15,17,19H,10-12H2,1-5H3/t15-,17+/m0/s1. The molecule has 2 atom stereocenters. The molecule has 2 rings (SSSR count). The molecule has 0 unspecified atom stereocenters. The van der Waals surface area contributed by atoms with Crippen LogP contribution < -0.4 is 10.1 Å². The Balaban J connectivity index is 2.08. The predicted molar refractivity (Wildman–Crippen MR) is 86.8 cm³/mol. The van der Waals surface area contributed by atoms with E-state index in [0.717, 1.165) is 25.2 Å². The van der Waals surface area contributed by atoms with Crippen molar-refractivity contribution in [2.75, 3.05) is 13.7 Å². The van der Waals surface area contributed by atoms with Crippen LogP contribution in [-0.2, 0) is 4.74 Å². The van der Waals surface area contributed by atoms with Gasteiger partial charge in [-0.2, -0.15) is 0 Å². The van der Waals surface area contributed by atoms with Crippen molar-refractivity contribution in [3.05, 3.63) is 29.8 Å². The number of hydrogen-bond donors (Lipinski definition) is 1. The fraction of sp³-hybridized carbons (Fsp3) is 0.667. The third-order valence-corrected chi connectivity index (χ3v) is 4.25. The highest BCUT2D eigenvalue weighted by atomic mass is 16.5. The van der Waals surface area contributed by atoms with Crippen LogP contribution in [0.2, 0.25) is 0 Å². The van der Waals surface area contributed by atoms with Crippen molar-refractivity contribution < 1.29 is 9.47 Å². The first-order valence-corrected chi connectivity index (χ1v) is 7.95. The van der Waals surface area contributed by atoms with E-state index in [-0.39, 0.29) is 5.60 Å². The molecule has 1 N–H and O–H groups in total. The summed E-state index contributed by atoms with van der Waals surface area (Å²) in [6.07, 6.45) is 2.15. The molecule has 0 spiro atoms. The lowest BCUT2D eigenvalue weighted by Crippen LogP contribution is -2.45. The van der Waals surface area contributed by atoms with Gasteiger partial charge in [-0.25, -0.2) is 0 Å². The SMILES string of the molecule is COc1ccc([C@H](N[C@H]2CCOC(C)(C)C2)C(C)C)cc1. The number of benzene rings is 1. The maximum Gasteiger partial charge on any atom is 0.118 e. The quantitative estimate of drug-likeness (QED) is 0.891. The first kappa shape index (κ1) is 16.3. The summed E-state index contributed by atoms with van der Waals surface area (Å²) in [6.45, 7) is 9.74. The number of ether oxygens (including phenoxy) is 2. The summed E-state index contributed by atoms with van der Waals surface area (Å²) in [6, 6.07) is 9.31. The third-order valence-electron chi connectivity index (χ3n) is 4.25. The molecule has 21 heavy (non-hydrogen) atoms. The highest BCUT2D eigenvalue weighted by molar-refractivity contribution is 5.29. The summed E-state index contributed by atoms with van der Waals surface area (Å²) in [4.78, 5) is 0. The minimum absolute atomic E-state index is 0.0165. The van der Waals surface area contributed by atoms with Crippen LogP contribution in [0.1, 0.15) is 52.1 Å². The van der Waals surface area contributed by atoms with Crippen molar-refractivity contribution in [2.45, 2.75) is 58.2 Å². The molecule has 0 aromatic heterocycles. The molecular weight excluding hydrogens is 262 g/mol. The number of methoxy groups -OCH3 is 1. The van der Waals surface area contributed by atoms with Crippen LogP contribution in [0.4, 0.5) is 0 Å². The molecule has 1 saturated heterocycles. The second-order valence-electron chi connectivity index (χ2n) is 6.96. The first-order chi connectivity index (χ1) is 9.91. The lowest BCUT2D eigenvalue weighted by Gasteiger charge is -2.38. The van der Waals surface area contributed by atoms with Gasteiger partial charge in [0.25, 0.3) is 0 Å². The highest BCUT2D eigenvalue weighted by Gasteiger charge is 2.30. The number of nitrogens with one attached hydrogen (secondary N) is 1. The Morgan fingerprint density at radius 3 is 2.43 bits per heavy atom. The summed E-state index contributed by atoms with van der Waals surface area (Å²) in [5.74, 6) is 1.46. The van der Waals surface area contributed by atoms with Gasteiger partial charge in [0, 0.05) is 18.7 Å². The molecule has 1 aliphatic rings. The molecule has 1 fully saturated rings. The number of hydrogen-bond acceptors (Lipinski definition) is 3. The topological polar surface area (TPSA) is 30.5 Å². The van der Waals surface area contributed by atoms with Crippen LogP contribution in [0.25, 0.3) is 0 Å². The molecule has 1 aliphatic heterocycles. The van der Waals surface area contributed by atoms with Gasteiger partial charge in [-0.1, -0.05) is 26.0 Å². The Morgan fingerprint density at radius 2 is 1.90 bits per heavy atom. The fourth-order valence-corrected chi connectivity index (χ4v) is 3.11. The summed E-state index contributed by atoms with van der Waals surface area (Å²) in [5, 5.41) is 3.84. The van der Waals surface area contributed by atoms with Gasteiger partial charge in [-0.3, -0.25) is 0 Å². The number of rotatable bonds is 5. The first-order valence-electron chi connectivity index (χ1n) is 7.95. The maximum atomic E-state index is 5.82. The zero-order chi connectivity index (χ0) is 15.5. The normalized spacial score (nSPS) is 23.0. The van der Waals surface area contributed by atoms with E-state index in [0.29, 0.717) is 18.0 Å². The molecule has 0 aliphatic carbocycles. The van der Waals surface area contributed by atoms with E-state index in [9.17, 15) is 0 Å². The van der Waals surface area contributed by atoms with Gasteiger partial charge < -0.3 is 14.8 Å². The molecule has 3 heteroatoms. The van der Waals surface area contributed by atoms with Gasteiger partial charge in [-0.15, -0.1) is 0 Å². The lowest BCUT2D eigenvalue weighted by atomic mass is 9.90. The molecular formula is C18H29NO2. The van der Waals surface area contributed by atoms with Crippen LogP contribution in [0, 0.1) is 5.92 Å². The maximum absolute atomic E-state index is 5.82. The monoisotopic (exact) mass is 291 g/mol. The predicted octanol–water partition coefficient (Wildman–Crippen LogP) is 3.94. The van der Waals surface area contributed by atoms with E-state index in [1.165, 1.54) is 5.56 Å².